The van der Waals surface area contributed by atoms with Gasteiger partial charge in [-0.15, -0.1) is 0 Å². The van der Waals surface area contributed by atoms with E-state index in [1.165, 1.54) is 6.08 Å². The fraction of sp³-hybridized carbons (Fsp3) is 0.600. The number of rotatable bonds is 10. The van der Waals surface area contributed by atoms with E-state index in [0.717, 1.165) is 17.6 Å². The van der Waals surface area contributed by atoms with Gasteiger partial charge in [-0.25, -0.2) is 4.31 Å². The van der Waals surface area contributed by atoms with Crippen molar-refractivity contribution in [3.05, 3.63) is 23.3 Å². The molecular weight excluding hydrogens is 373 g/mol. The third-order valence-electron chi connectivity index (χ3n) is 2.16. The molecule has 0 spiro atoms. The SMILES string of the molecule is CC(C)=CCC/C(C)=C/COP(=O)([O-])OP(=O)([O-])OP(=O)([O-])[O-]. The summed E-state index contributed by atoms with van der Waals surface area (Å²) in [5, 5.41) is 0. The molecule has 0 aromatic rings. The van der Waals surface area contributed by atoms with Gasteiger partial charge in [-0.3, -0.25) is 13.4 Å². The molecule has 0 radical (unpaired) electrons. The topological polar surface area (TPSA) is 171 Å². The predicted molar refractivity (Wildman–Crippen MR) is 73.4 cm³/mol. The van der Waals surface area contributed by atoms with E-state index in [0.29, 0.717) is 6.42 Å². The molecule has 136 valence electrons. The Morgan fingerprint density at radius 3 is 1.96 bits per heavy atom. The Bertz CT molecular complexity index is 586. The van der Waals surface area contributed by atoms with Crippen LogP contribution in [0.3, 0.4) is 0 Å². The first-order valence-corrected chi connectivity index (χ1v) is 10.6. The number of allylic oxidation sites excluding steroid dienone is 3. The molecule has 0 fully saturated rings. The van der Waals surface area contributed by atoms with Gasteiger partial charge < -0.3 is 28.7 Å². The van der Waals surface area contributed by atoms with Gasteiger partial charge in [0.2, 0.25) is 0 Å². The van der Waals surface area contributed by atoms with Gasteiger partial charge in [0.25, 0.3) is 15.6 Å². The first-order valence-electron chi connectivity index (χ1n) is 6.23. The Kier molecular flexibility index (Phi) is 9.35. The summed E-state index contributed by atoms with van der Waals surface area (Å²) in [6.07, 6.45) is 4.74. The minimum absolute atomic E-state index is 0.520. The molecule has 0 aliphatic carbocycles. The van der Waals surface area contributed by atoms with E-state index in [1.807, 2.05) is 19.9 Å². The lowest BCUT2D eigenvalue weighted by molar-refractivity contribution is -0.339. The number of phosphoric acid groups is 3. The van der Waals surface area contributed by atoms with Crippen molar-refractivity contribution in [2.24, 2.45) is 0 Å². The number of hydrogen-bond acceptors (Lipinski definition) is 10. The first kappa shape index (κ1) is 22.9. The van der Waals surface area contributed by atoms with E-state index in [2.05, 4.69) is 13.1 Å². The van der Waals surface area contributed by atoms with Crippen LogP contribution in [-0.4, -0.2) is 6.61 Å². The van der Waals surface area contributed by atoms with Gasteiger partial charge >= 0.3 is 0 Å². The van der Waals surface area contributed by atoms with Crippen molar-refractivity contribution in [2.75, 3.05) is 6.61 Å². The Balaban J connectivity index is 4.48. The quantitative estimate of drug-likeness (QED) is 0.377. The Labute approximate surface area is 134 Å². The standard InChI is InChI=1S/C10H21O10P3/c1-9(2)5-4-6-10(3)7-8-18-22(14,15)20-23(16,17)19-21(11,12)13/h5,7H,4,6,8H2,1-3H3,(H,14,15)(H,16,17)(H2,11,12,13)/p-4/b10-7+. The smallest absolute Gasteiger partial charge is 0.278 e. The highest BCUT2D eigenvalue weighted by atomic mass is 31.3. The molecule has 0 rings (SSSR count). The van der Waals surface area contributed by atoms with Crippen LogP contribution in [0.1, 0.15) is 33.6 Å². The summed E-state index contributed by atoms with van der Waals surface area (Å²) in [6.45, 7) is 5.05. The summed E-state index contributed by atoms with van der Waals surface area (Å²) in [6, 6.07) is 0. The summed E-state index contributed by atoms with van der Waals surface area (Å²) in [7, 11) is -17.3. The molecule has 2 atom stereocenters. The van der Waals surface area contributed by atoms with Gasteiger partial charge in [-0.1, -0.05) is 23.3 Å². The lowest BCUT2D eigenvalue weighted by atomic mass is 10.1. The molecule has 0 aromatic heterocycles. The molecule has 0 N–H and O–H groups in total. The molecule has 0 saturated carbocycles. The highest BCUT2D eigenvalue weighted by Gasteiger charge is 2.21. The summed E-state index contributed by atoms with van der Waals surface area (Å²) in [4.78, 5) is 42.4. The molecule has 10 nitrogen and oxygen atoms in total. The van der Waals surface area contributed by atoms with Crippen LogP contribution >= 0.6 is 23.5 Å². The van der Waals surface area contributed by atoms with E-state index in [1.54, 1.807) is 6.92 Å². The van der Waals surface area contributed by atoms with Crippen LogP contribution in [0, 0.1) is 0 Å². The van der Waals surface area contributed by atoms with Crippen LogP contribution in [0.15, 0.2) is 23.3 Å². The maximum atomic E-state index is 11.2. The Morgan fingerprint density at radius 1 is 0.913 bits per heavy atom. The lowest BCUT2D eigenvalue weighted by Crippen LogP contribution is -2.20. The maximum Gasteiger partial charge on any atom is 0.278 e. The molecular formula is C10H17O10P3-4. The monoisotopic (exact) mass is 390 g/mol. The molecule has 0 bridgehead atoms. The number of phosphoric ester groups is 1. The minimum atomic E-state index is -5.97. The molecule has 2 unspecified atom stereocenters. The molecule has 23 heavy (non-hydrogen) atoms. The van der Waals surface area contributed by atoms with E-state index >= 15 is 0 Å². The maximum absolute atomic E-state index is 11.2. The molecule has 13 heteroatoms. The third-order valence-corrected chi connectivity index (χ3v) is 5.82. The zero-order valence-electron chi connectivity index (χ0n) is 12.7. The van der Waals surface area contributed by atoms with E-state index < -0.39 is 30.1 Å². The molecule has 0 aliphatic rings. The van der Waals surface area contributed by atoms with Gasteiger partial charge in [-0.05, 0) is 33.6 Å². The molecule has 0 heterocycles. The summed E-state index contributed by atoms with van der Waals surface area (Å²) in [5.74, 6) is 0. The van der Waals surface area contributed by atoms with Gasteiger partial charge in [0, 0.05) is 0 Å². The van der Waals surface area contributed by atoms with Crippen molar-refractivity contribution in [3.63, 3.8) is 0 Å². The normalized spacial score (nSPS) is 18.1. The molecule has 0 aromatic carbocycles. The van der Waals surface area contributed by atoms with Gasteiger partial charge in [0.1, 0.15) is 0 Å². The third kappa shape index (κ3) is 14.0. The second-order valence-corrected chi connectivity index (χ2v) is 8.92. The van der Waals surface area contributed by atoms with Crippen LogP contribution in [0.25, 0.3) is 0 Å². The van der Waals surface area contributed by atoms with Crippen molar-refractivity contribution < 1.29 is 46.4 Å². The van der Waals surface area contributed by atoms with Crippen molar-refractivity contribution in [1.29, 1.82) is 0 Å². The van der Waals surface area contributed by atoms with Crippen molar-refractivity contribution in [1.82, 2.24) is 0 Å². The van der Waals surface area contributed by atoms with Crippen LogP contribution in [0.2, 0.25) is 0 Å². The van der Waals surface area contributed by atoms with E-state index in [-0.39, 0.29) is 0 Å². The second-order valence-electron chi connectivity index (χ2n) is 4.67. The molecule has 0 saturated heterocycles. The Morgan fingerprint density at radius 2 is 1.48 bits per heavy atom. The first-order chi connectivity index (χ1) is 10.2. The van der Waals surface area contributed by atoms with Crippen molar-refractivity contribution in [3.8, 4) is 0 Å². The van der Waals surface area contributed by atoms with Gasteiger partial charge in [0.05, 0.1) is 14.4 Å². The van der Waals surface area contributed by atoms with Crippen molar-refractivity contribution >= 4 is 23.5 Å². The average Bonchev–Trinajstić information content (AvgIpc) is 2.22. The largest absolute Gasteiger partial charge is 0.790 e. The minimum Gasteiger partial charge on any atom is -0.790 e. The fourth-order valence-electron chi connectivity index (χ4n) is 1.24. The highest BCUT2D eigenvalue weighted by Crippen LogP contribution is 2.60. The lowest BCUT2D eigenvalue weighted by Gasteiger charge is -2.37. The van der Waals surface area contributed by atoms with Crippen LogP contribution in [0.5, 0.6) is 0 Å². The summed E-state index contributed by atoms with van der Waals surface area (Å²) < 4.78 is 42.9. The Hall–Kier alpha value is -0.110. The molecule has 0 aliphatic heterocycles. The van der Waals surface area contributed by atoms with Gasteiger partial charge in [-0.2, -0.15) is 0 Å². The average molecular weight is 390 g/mol. The van der Waals surface area contributed by atoms with Crippen molar-refractivity contribution in [2.45, 2.75) is 33.6 Å². The van der Waals surface area contributed by atoms with Gasteiger partial charge in [0.15, 0.2) is 0 Å². The van der Waals surface area contributed by atoms with Crippen LogP contribution in [0.4, 0.5) is 0 Å². The van der Waals surface area contributed by atoms with E-state index in [4.69, 9.17) is 0 Å². The fourth-order valence-corrected chi connectivity index (χ4v) is 4.04. The second kappa shape index (κ2) is 9.39. The van der Waals surface area contributed by atoms with Crippen LogP contribution < -0.4 is 19.6 Å². The molecule has 0 amide bonds. The van der Waals surface area contributed by atoms with Crippen LogP contribution in [-0.2, 0) is 26.8 Å². The summed E-state index contributed by atoms with van der Waals surface area (Å²) >= 11 is 0. The summed E-state index contributed by atoms with van der Waals surface area (Å²) in [5.41, 5.74) is 1.92. The van der Waals surface area contributed by atoms with E-state index in [9.17, 15) is 33.3 Å². The highest BCUT2D eigenvalue weighted by molar-refractivity contribution is 7.64. The number of hydrogen-bond donors (Lipinski definition) is 0. The zero-order chi connectivity index (χ0) is 18.3. The zero-order valence-corrected chi connectivity index (χ0v) is 15.4. The predicted octanol–water partition coefficient (Wildman–Crippen LogP) is 0.494.